The van der Waals surface area contributed by atoms with Crippen molar-refractivity contribution in [3.63, 3.8) is 0 Å². The van der Waals surface area contributed by atoms with Crippen LogP contribution in [0.15, 0.2) is 100 Å². The number of allylic oxidation sites excluding steroid dienone is 4. The van der Waals surface area contributed by atoms with Gasteiger partial charge in [-0.15, -0.1) is 0 Å². The summed E-state index contributed by atoms with van der Waals surface area (Å²) in [5.41, 5.74) is 14.7. The largest absolute Gasteiger partial charge is 1.00 e. The van der Waals surface area contributed by atoms with Crippen molar-refractivity contribution in [1.29, 1.82) is 0 Å². The second kappa shape index (κ2) is 13.2. The first-order valence-electron chi connectivity index (χ1n) is 15.5. The minimum absolute atomic E-state index is 0. The van der Waals surface area contributed by atoms with Gasteiger partial charge in [-0.25, -0.2) is 0 Å². The summed E-state index contributed by atoms with van der Waals surface area (Å²) in [6.07, 6.45) is 9.27. The molecule has 0 amide bonds. The summed E-state index contributed by atoms with van der Waals surface area (Å²) in [6, 6.07) is 30.7. The summed E-state index contributed by atoms with van der Waals surface area (Å²) in [5.74, 6) is 0. The van der Waals surface area contributed by atoms with E-state index in [1.807, 2.05) is 0 Å². The zero-order valence-electron chi connectivity index (χ0n) is 27.4. The summed E-state index contributed by atoms with van der Waals surface area (Å²) >= 11 is -2.72. The van der Waals surface area contributed by atoms with Gasteiger partial charge in [-0.2, -0.15) is 0 Å². The Morgan fingerprint density at radius 3 is 1.75 bits per heavy atom. The van der Waals surface area contributed by atoms with Crippen molar-refractivity contribution < 1.29 is 46.1 Å². The Labute approximate surface area is 285 Å². The van der Waals surface area contributed by atoms with Gasteiger partial charge in [0.15, 0.2) is 0 Å². The molecule has 0 unspecified atom stereocenters. The first-order chi connectivity index (χ1) is 19.9. The summed E-state index contributed by atoms with van der Waals surface area (Å²) in [5, 5.41) is 0. The zero-order chi connectivity index (χ0) is 29.8. The molecule has 226 valence electrons. The topological polar surface area (TPSA) is 0 Å². The van der Waals surface area contributed by atoms with Crippen LogP contribution in [0.2, 0.25) is 0 Å². The third-order valence-electron chi connectivity index (χ3n) is 9.19. The standard InChI is InChI=1S/C21H25.C15H14.C5H5.2ClH.Zr/c1-20(2,3)16-9-7-14-11-15-8-10-17(21(4,5)6)13-19(15)18(14)12-16;1-12-7-3-5-9-14(12)11-15-10-6-4-8-13(15)2;1-2-4-5-3-1;;;/h7,9-10,12-13H,11H2,1-6H3;3-10H,1-2H3;1-3H,4H2;2*1H;/q;;;;;+2/p-2. The summed E-state index contributed by atoms with van der Waals surface area (Å²) in [7, 11) is 0. The molecule has 0 atom stereocenters. The first-order valence-corrected chi connectivity index (χ1v) is 19.2. The van der Waals surface area contributed by atoms with Crippen LogP contribution < -0.4 is 28.1 Å². The van der Waals surface area contributed by atoms with Crippen molar-refractivity contribution in [2.75, 3.05) is 0 Å². The first kappa shape index (κ1) is 34.6. The molecule has 0 saturated heterocycles. The Morgan fingerprint density at radius 1 is 0.659 bits per heavy atom. The van der Waals surface area contributed by atoms with E-state index < -0.39 is 21.3 Å². The molecule has 0 nitrogen and oxygen atoms in total. The SMILES string of the molecule is Cc1ccccc1[C](c1ccccc1C)=[Zr+2]([C]1=CC=CC1)[c]1cc(C(C)(C)C)cc2c1Cc1ccc(C(C)(C)C)cc1-2.[Cl-].[Cl-]. The molecule has 0 radical (unpaired) electrons. The number of hydrogen-bond donors (Lipinski definition) is 0. The molecule has 4 aromatic rings. The molecule has 0 fully saturated rings. The van der Waals surface area contributed by atoms with Crippen LogP contribution in [0.4, 0.5) is 0 Å². The molecule has 0 saturated carbocycles. The predicted molar refractivity (Wildman–Crippen MR) is 179 cm³/mol. The quantitative estimate of drug-likeness (QED) is 0.268. The van der Waals surface area contributed by atoms with E-state index in [-0.39, 0.29) is 35.6 Å². The van der Waals surface area contributed by atoms with E-state index in [1.54, 1.807) is 15.3 Å². The number of aryl methyl sites for hydroxylation is 2. The zero-order valence-corrected chi connectivity index (χ0v) is 31.4. The fraction of sp³-hybridized carbons (Fsp3) is 0.293. The third kappa shape index (κ3) is 6.49. The van der Waals surface area contributed by atoms with Crippen LogP contribution in [0.5, 0.6) is 0 Å². The van der Waals surface area contributed by atoms with Crippen molar-refractivity contribution >= 4 is 6.48 Å². The Morgan fingerprint density at radius 2 is 1.23 bits per heavy atom. The van der Waals surface area contributed by atoms with Crippen molar-refractivity contribution in [2.24, 2.45) is 0 Å². The van der Waals surface area contributed by atoms with Crippen LogP contribution in [0.1, 0.15) is 92.5 Å². The molecule has 4 aromatic carbocycles. The van der Waals surface area contributed by atoms with Crippen LogP contribution in [0.25, 0.3) is 11.1 Å². The molecule has 0 bridgehead atoms. The number of hydrogen-bond acceptors (Lipinski definition) is 0. The molecule has 0 aliphatic heterocycles. The maximum atomic E-state index is 2.65. The van der Waals surface area contributed by atoms with Gasteiger partial charge in [-0.1, -0.05) is 0 Å². The van der Waals surface area contributed by atoms with E-state index in [1.165, 1.54) is 50.1 Å². The molecular weight excluding hydrogens is 655 g/mol. The van der Waals surface area contributed by atoms with Gasteiger partial charge in [0.25, 0.3) is 0 Å². The number of benzene rings is 4. The molecule has 44 heavy (non-hydrogen) atoms. The molecule has 0 aromatic heterocycles. The molecule has 6 rings (SSSR count). The summed E-state index contributed by atoms with van der Waals surface area (Å²) in [4.78, 5) is 0. The van der Waals surface area contributed by atoms with Crippen molar-refractivity contribution in [3.8, 4) is 11.1 Å². The average Bonchev–Trinajstić information content (AvgIpc) is 3.59. The van der Waals surface area contributed by atoms with Crippen molar-refractivity contribution in [3.05, 3.63) is 145 Å². The Balaban J connectivity index is 0.00000221. The van der Waals surface area contributed by atoms with E-state index in [2.05, 4.69) is 152 Å². The monoisotopic (exact) mass is 696 g/mol. The van der Waals surface area contributed by atoms with Crippen molar-refractivity contribution in [1.82, 2.24) is 0 Å². The van der Waals surface area contributed by atoms with Gasteiger partial charge in [-0.3, -0.25) is 0 Å². The smallest absolute Gasteiger partial charge is 1.00 e. The Kier molecular flexibility index (Phi) is 10.4. The van der Waals surface area contributed by atoms with Crippen LogP contribution in [-0.2, 0) is 38.5 Å². The normalized spacial score (nSPS) is 13.2. The maximum Gasteiger partial charge on any atom is -1.00 e. The minimum atomic E-state index is -2.72. The second-order valence-electron chi connectivity index (χ2n) is 14.3. The van der Waals surface area contributed by atoms with Gasteiger partial charge >= 0.3 is 263 Å². The van der Waals surface area contributed by atoms with E-state index in [9.17, 15) is 0 Å². The van der Waals surface area contributed by atoms with E-state index in [0.717, 1.165) is 12.8 Å². The predicted octanol–water partition coefficient (Wildman–Crippen LogP) is 3.83. The van der Waals surface area contributed by atoms with Crippen LogP contribution in [-0.4, -0.2) is 3.21 Å². The van der Waals surface area contributed by atoms with Gasteiger partial charge in [0.2, 0.25) is 0 Å². The molecule has 0 N–H and O–H groups in total. The van der Waals surface area contributed by atoms with Crippen LogP contribution in [0, 0.1) is 13.8 Å². The van der Waals surface area contributed by atoms with Crippen LogP contribution in [0.3, 0.4) is 0 Å². The number of rotatable bonds is 4. The van der Waals surface area contributed by atoms with E-state index >= 15 is 0 Å². The molecular formula is C41H44Cl2Zr. The Bertz CT molecular complexity index is 1760. The van der Waals surface area contributed by atoms with Gasteiger partial charge < -0.3 is 24.8 Å². The third-order valence-corrected chi connectivity index (χ3v) is 16.7. The van der Waals surface area contributed by atoms with Gasteiger partial charge in [-0.05, 0) is 0 Å². The fourth-order valence-electron chi connectivity index (χ4n) is 6.62. The number of halogens is 2. The molecule has 3 heteroatoms. The van der Waals surface area contributed by atoms with Gasteiger partial charge in [0.05, 0.1) is 0 Å². The van der Waals surface area contributed by atoms with Crippen LogP contribution >= 0.6 is 0 Å². The molecule has 2 aliphatic rings. The van der Waals surface area contributed by atoms with Crippen molar-refractivity contribution in [2.45, 2.75) is 79.1 Å². The minimum Gasteiger partial charge on any atom is -1.00 e. The number of fused-ring (bicyclic) bond motifs is 3. The van der Waals surface area contributed by atoms with Gasteiger partial charge in [0, 0.05) is 0 Å². The Hall–Kier alpha value is -2.31. The molecule has 2 aliphatic carbocycles. The summed E-state index contributed by atoms with van der Waals surface area (Å²) in [6.45, 7) is 18.7. The summed E-state index contributed by atoms with van der Waals surface area (Å²) < 4.78 is 4.98. The average molecular weight is 699 g/mol. The van der Waals surface area contributed by atoms with Gasteiger partial charge in [0.1, 0.15) is 0 Å². The van der Waals surface area contributed by atoms with E-state index in [4.69, 9.17) is 0 Å². The maximum absolute atomic E-state index is 2.72. The second-order valence-corrected chi connectivity index (χ2v) is 20.3. The molecule has 0 heterocycles. The fourth-order valence-corrected chi connectivity index (χ4v) is 15.1. The molecule has 0 spiro atoms. The van der Waals surface area contributed by atoms with E-state index in [0.29, 0.717) is 0 Å².